The standard InChI is InChI=1S/C24H18F2N4O3/c25-15-9-7-14(8-10-15)19-13-20(30-29-19)22-17(5-3-6-18(22)26)23(31)28-21(24(32)33)12-16-4-1-2-11-27-16/h1-11,13,21H,12H2,(H,28,31)(H,29,30)(H,32,33)/t21-/m1/s1. The number of amides is 1. The number of carbonyl (C=O) groups excluding carboxylic acids is 1. The van der Waals surface area contributed by atoms with Crippen molar-refractivity contribution in [1.82, 2.24) is 20.5 Å². The summed E-state index contributed by atoms with van der Waals surface area (Å²) in [5.74, 6) is -3.11. The zero-order chi connectivity index (χ0) is 23.4. The maximum Gasteiger partial charge on any atom is 0.326 e. The highest BCUT2D eigenvalue weighted by molar-refractivity contribution is 6.02. The van der Waals surface area contributed by atoms with Gasteiger partial charge in [-0.05, 0) is 60.2 Å². The summed E-state index contributed by atoms with van der Waals surface area (Å²) in [6, 6.07) is 14.9. The summed E-state index contributed by atoms with van der Waals surface area (Å²) in [6.07, 6.45) is 1.49. The van der Waals surface area contributed by atoms with Crippen LogP contribution < -0.4 is 5.32 Å². The third-order valence-corrected chi connectivity index (χ3v) is 4.99. The first kappa shape index (κ1) is 21.8. The fourth-order valence-corrected chi connectivity index (χ4v) is 3.36. The molecule has 0 aliphatic heterocycles. The molecule has 0 fully saturated rings. The van der Waals surface area contributed by atoms with Gasteiger partial charge in [0.25, 0.3) is 5.91 Å². The quantitative estimate of drug-likeness (QED) is 0.398. The Morgan fingerprint density at radius 3 is 2.52 bits per heavy atom. The van der Waals surface area contributed by atoms with E-state index in [9.17, 15) is 23.5 Å². The molecule has 0 bridgehead atoms. The number of carbonyl (C=O) groups is 2. The molecule has 0 unspecified atom stereocenters. The second-order valence-corrected chi connectivity index (χ2v) is 7.23. The summed E-state index contributed by atoms with van der Waals surface area (Å²) in [6.45, 7) is 0. The lowest BCUT2D eigenvalue weighted by molar-refractivity contribution is -0.139. The van der Waals surface area contributed by atoms with Gasteiger partial charge in [-0.3, -0.25) is 14.9 Å². The van der Waals surface area contributed by atoms with Crippen molar-refractivity contribution in [3.63, 3.8) is 0 Å². The third kappa shape index (κ3) is 4.93. The third-order valence-electron chi connectivity index (χ3n) is 4.99. The molecule has 0 saturated heterocycles. The molecule has 7 nitrogen and oxygen atoms in total. The van der Waals surface area contributed by atoms with Crippen LogP contribution in [0.1, 0.15) is 16.1 Å². The highest BCUT2D eigenvalue weighted by Gasteiger charge is 2.25. The Kier molecular flexibility index (Phi) is 6.21. The molecule has 9 heteroatoms. The number of H-pyrrole nitrogens is 1. The van der Waals surface area contributed by atoms with Crippen LogP contribution in [-0.4, -0.2) is 38.2 Å². The summed E-state index contributed by atoms with van der Waals surface area (Å²) in [5.41, 5.74) is 1.60. The highest BCUT2D eigenvalue weighted by Crippen LogP contribution is 2.29. The number of hydrogen-bond donors (Lipinski definition) is 3. The molecule has 0 aliphatic carbocycles. The molecule has 1 amide bonds. The van der Waals surface area contributed by atoms with Crippen LogP contribution in [0, 0.1) is 11.6 Å². The number of carboxylic acids is 1. The number of nitrogens with zero attached hydrogens (tertiary/aromatic N) is 2. The van der Waals surface area contributed by atoms with Crippen LogP contribution in [0.15, 0.2) is 72.9 Å². The molecule has 33 heavy (non-hydrogen) atoms. The minimum Gasteiger partial charge on any atom is -0.480 e. The molecule has 2 aromatic carbocycles. The topological polar surface area (TPSA) is 108 Å². The SMILES string of the molecule is O=C(N[C@H](Cc1ccccn1)C(=O)O)c1cccc(F)c1-c1cc(-c2ccc(F)cc2)[nH]n1. The highest BCUT2D eigenvalue weighted by atomic mass is 19.1. The van der Waals surface area contributed by atoms with Crippen molar-refractivity contribution in [3.8, 4) is 22.5 Å². The van der Waals surface area contributed by atoms with Crippen molar-refractivity contribution in [3.05, 3.63) is 95.8 Å². The minimum atomic E-state index is -1.27. The van der Waals surface area contributed by atoms with E-state index < -0.39 is 29.6 Å². The Bertz CT molecular complexity index is 1290. The molecule has 2 heterocycles. The Morgan fingerprint density at radius 2 is 1.82 bits per heavy atom. The predicted octanol–water partition coefficient (Wildman–Crippen LogP) is 3.84. The van der Waals surface area contributed by atoms with Gasteiger partial charge < -0.3 is 10.4 Å². The molecule has 4 aromatic rings. The predicted molar refractivity (Wildman–Crippen MR) is 116 cm³/mol. The van der Waals surface area contributed by atoms with E-state index in [-0.39, 0.29) is 23.2 Å². The molecule has 0 aliphatic rings. The first-order chi connectivity index (χ1) is 15.9. The molecular formula is C24H18F2N4O3. The number of hydrogen-bond acceptors (Lipinski definition) is 4. The van der Waals surface area contributed by atoms with Crippen LogP contribution in [0.4, 0.5) is 8.78 Å². The zero-order valence-corrected chi connectivity index (χ0v) is 17.1. The van der Waals surface area contributed by atoms with Gasteiger partial charge >= 0.3 is 5.97 Å². The first-order valence-electron chi connectivity index (χ1n) is 9.96. The van der Waals surface area contributed by atoms with E-state index in [4.69, 9.17) is 0 Å². The lowest BCUT2D eigenvalue weighted by Gasteiger charge is -2.16. The number of nitrogens with one attached hydrogen (secondary N) is 2. The number of rotatable bonds is 7. The first-order valence-corrected chi connectivity index (χ1v) is 9.96. The van der Waals surface area contributed by atoms with Crippen molar-refractivity contribution in [2.75, 3.05) is 0 Å². The molecule has 166 valence electrons. The van der Waals surface area contributed by atoms with Gasteiger partial charge in [-0.2, -0.15) is 5.10 Å². The Balaban J connectivity index is 1.63. The van der Waals surface area contributed by atoms with E-state index in [1.165, 1.54) is 54.7 Å². The van der Waals surface area contributed by atoms with E-state index in [1.54, 1.807) is 18.2 Å². The van der Waals surface area contributed by atoms with Crippen LogP contribution in [0.3, 0.4) is 0 Å². The average molecular weight is 448 g/mol. The molecule has 2 aromatic heterocycles. The smallest absolute Gasteiger partial charge is 0.326 e. The molecule has 0 radical (unpaired) electrons. The second kappa shape index (κ2) is 9.39. The van der Waals surface area contributed by atoms with Crippen molar-refractivity contribution >= 4 is 11.9 Å². The van der Waals surface area contributed by atoms with Gasteiger partial charge in [-0.15, -0.1) is 0 Å². The maximum absolute atomic E-state index is 14.8. The minimum absolute atomic E-state index is 0.0380. The number of benzene rings is 2. The monoisotopic (exact) mass is 448 g/mol. The van der Waals surface area contributed by atoms with Gasteiger partial charge in [0, 0.05) is 18.3 Å². The summed E-state index contributed by atoms with van der Waals surface area (Å²) >= 11 is 0. The van der Waals surface area contributed by atoms with Gasteiger partial charge in [0.05, 0.1) is 22.5 Å². The van der Waals surface area contributed by atoms with Gasteiger partial charge in [0.2, 0.25) is 0 Å². The number of aromatic amines is 1. The number of aliphatic carboxylic acids is 1. The number of pyridine rings is 1. The zero-order valence-electron chi connectivity index (χ0n) is 17.1. The van der Waals surface area contributed by atoms with Gasteiger partial charge in [-0.25, -0.2) is 13.6 Å². The molecule has 4 rings (SSSR count). The molecule has 1 atom stereocenters. The molecule has 3 N–H and O–H groups in total. The Labute approximate surface area is 187 Å². The largest absolute Gasteiger partial charge is 0.480 e. The van der Waals surface area contributed by atoms with Crippen LogP contribution in [0.25, 0.3) is 22.5 Å². The van der Waals surface area contributed by atoms with Gasteiger partial charge in [-0.1, -0.05) is 12.1 Å². The molecule has 0 saturated carbocycles. The van der Waals surface area contributed by atoms with Crippen molar-refractivity contribution in [2.45, 2.75) is 12.5 Å². The lowest BCUT2D eigenvalue weighted by Crippen LogP contribution is -2.42. The number of halogens is 2. The number of aromatic nitrogens is 3. The molecular weight excluding hydrogens is 430 g/mol. The summed E-state index contributed by atoms with van der Waals surface area (Å²) in [4.78, 5) is 28.8. The average Bonchev–Trinajstić information content (AvgIpc) is 3.29. The second-order valence-electron chi connectivity index (χ2n) is 7.23. The fraction of sp³-hybridized carbons (Fsp3) is 0.0833. The van der Waals surface area contributed by atoms with Crippen molar-refractivity contribution in [2.24, 2.45) is 0 Å². The lowest BCUT2D eigenvalue weighted by atomic mass is 10.0. The summed E-state index contributed by atoms with van der Waals surface area (Å²) in [7, 11) is 0. The van der Waals surface area contributed by atoms with Gasteiger partial charge in [0.15, 0.2) is 0 Å². The van der Waals surface area contributed by atoms with E-state index in [1.807, 2.05) is 0 Å². The van der Waals surface area contributed by atoms with Crippen LogP contribution >= 0.6 is 0 Å². The van der Waals surface area contributed by atoms with Crippen LogP contribution in [0.2, 0.25) is 0 Å². The van der Waals surface area contributed by atoms with Crippen LogP contribution in [-0.2, 0) is 11.2 Å². The van der Waals surface area contributed by atoms with E-state index in [0.717, 1.165) is 0 Å². The van der Waals surface area contributed by atoms with Crippen molar-refractivity contribution in [1.29, 1.82) is 0 Å². The summed E-state index contributed by atoms with van der Waals surface area (Å²) < 4.78 is 28.0. The Hall–Kier alpha value is -4.40. The fourth-order valence-electron chi connectivity index (χ4n) is 3.36. The van der Waals surface area contributed by atoms with Crippen molar-refractivity contribution < 1.29 is 23.5 Å². The van der Waals surface area contributed by atoms with Crippen LogP contribution in [0.5, 0.6) is 0 Å². The number of carboxylic acid groups (broad SMARTS) is 1. The Morgan fingerprint density at radius 1 is 1.03 bits per heavy atom. The summed E-state index contributed by atoms with van der Waals surface area (Å²) in [5, 5.41) is 18.9. The van der Waals surface area contributed by atoms with E-state index in [0.29, 0.717) is 17.0 Å². The normalized spacial score (nSPS) is 11.7. The van der Waals surface area contributed by atoms with E-state index >= 15 is 0 Å². The van der Waals surface area contributed by atoms with E-state index in [2.05, 4.69) is 20.5 Å². The van der Waals surface area contributed by atoms with Gasteiger partial charge in [0.1, 0.15) is 17.7 Å². The molecule has 0 spiro atoms. The maximum atomic E-state index is 14.8.